The summed E-state index contributed by atoms with van der Waals surface area (Å²) in [4.78, 5) is 63.3. The van der Waals surface area contributed by atoms with Crippen LogP contribution in [0.5, 0.6) is 0 Å². The van der Waals surface area contributed by atoms with Crippen molar-refractivity contribution in [1.82, 2.24) is 25.1 Å². The molecular weight excluding hydrogens is 538 g/mol. The Hall–Kier alpha value is -3.73. The number of benzene rings is 1. The second-order valence-electron chi connectivity index (χ2n) is 10.4. The van der Waals surface area contributed by atoms with E-state index < -0.39 is 29.6 Å². The monoisotopic (exact) mass is 573 g/mol. The van der Waals surface area contributed by atoms with E-state index in [9.17, 15) is 19.2 Å². The molecule has 1 N–H and O–H groups in total. The number of carbonyl (C=O) groups is 4. The van der Waals surface area contributed by atoms with Gasteiger partial charge in [-0.3, -0.25) is 14.4 Å². The molecule has 0 bridgehead atoms. The van der Waals surface area contributed by atoms with Crippen molar-refractivity contribution in [3.8, 4) is 11.4 Å². The van der Waals surface area contributed by atoms with Crippen molar-refractivity contribution in [2.45, 2.75) is 59.1 Å². The molecule has 1 atom stereocenters. The molecule has 3 amide bonds. The van der Waals surface area contributed by atoms with Crippen LogP contribution in [-0.4, -0.2) is 88.1 Å². The van der Waals surface area contributed by atoms with E-state index in [4.69, 9.17) is 21.1 Å². The number of esters is 1. The molecule has 1 aliphatic rings. The number of ether oxygens (including phenoxy) is 2. The van der Waals surface area contributed by atoms with E-state index in [2.05, 4.69) is 15.3 Å². The van der Waals surface area contributed by atoms with E-state index in [1.165, 1.54) is 11.0 Å². The molecule has 2 aromatic rings. The van der Waals surface area contributed by atoms with Crippen LogP contribution in [-0.2, 0) is 19.1 Å². The standard InChI is InChI=1S/C28H36ClN5O6/c1-6-39-27(38)34-14-12-33(13-15-34)26(37)21(10-11-23(35)40-28(3,4)5)32-25(36)22-16-18(2)30-24(31-22)19-8-7-9-20(29)17-19/h7-9,16-17,21H,6,10-15H2,1-5H3,(H,32,36). The second-order valence-corrected chi connectivity index (χ2v) is 10.8. The van der Waals surface area contributed by atoms with Crippen molar-refractivity contribution in [3.05, 3.63) is 46.7 Å². The number of nitrogens with zero attached hydrogens (tertiary/aromatic N) is 4. The summed E-state index contributed by atoms with van der Waals surface area (Å²) in [5.74, 6) is -1.10. The molecular formula is C28H36ClN5O6. The fraction of sp³-hybridized carbons (Fsp3) is 0.500. The van der Waals surface area contributed by atoms with Crippen molar-refractivity contribution in [2.75, 3.05) is 32.8 Å². The minimum Gasteiger partial charge on any atom is -0.460 e. The topological polar surface area (TPSA) is 131 Å². The maximum Gasteiger partial charge on any atom is 0.409 e. The lowest BCUT2D eigenvalue weighted by Crippen LogP contribution is -2.56. The van der Waals surface area contributed by atoms with Gasteiger partial charge in [0.1, 0.15) is 17.3 Å². The van der Waals surface area contributed by atoms with E-state index in [1.807, 2.05) is 0 Å². The molecule has 1 saturated heterocycles. The summed E-state index contributed by atoms with van der Waals surface area (Å²) in [5, 5.41) is 3.26. The average Bonchev–Trinajstić information content (AvgIpc) is 2.89. The van der Waals surface area contributed by atoms with E-state index in [-0.39, 0.29) is 44.1 Å². The summed E-state index contributed by atoms with van der Waals surface area (Å²) in [6.45, 7) is 10.1. The van der Waals surface area contributed by atoms with E-state index >= 15 is 0 Å². The molecule has 1 unspecified atom stereocenters. The number of nitrogens with one attached hydrogen (secondary N) is 1. The van der Waals surface area contributed by atoms with Crippen LogP contribution in [0.15, 0.2) is 30.3 Å². The van der Waals surface area contributed by atoms with Crippen LogP contribution in [0.25, 0.3) is 11.4 Å². The molecule has 216 valence electrons. The van der Waals surface area contributed by atoms with Crippen molar-refractivity contribution in [3.63, 3.8) is 0 Å². The third-order valence-electron chi connectivity index (χ3n) is 5.95. The molecule has 0 aliphatic carbocycles. The molecule has 0 saturated carbocycles. The molecule has 0 spiro atoms. The molecule has 40 heavy (non-hydrogen) atoms. The summed E-state index contributed by atoms with van der Waals surface area (Å²) in [5.41, 5.74) is 0.590. The van der Waals surface area contributed by atoms with Gasteiger partial charge in [0.25, 0.3) is 5.91 Å². The smallest absolute Gasteiger partial charge is 0.409 e. The van der Waals surface area contributed by atoms with Gasteiger partial charge in [0.05, 0.1) is 6.61 Å². The molecule has 1 aromatic carbocycles. The number of carbonyl (C=O) groups excluding carboxylic acids is 4. The molecule has 0 radical (unpaired) electrons. The molecule has 1 aromatic heterocycles. The Bertz CT molecular complexity index is 1240. The lowest BCUT2D eigenvalue weighted by Gasteiger charge is -2.36. The van der Waals surface area contributed by atoms with Gasteiger partial charge in [-0.05, 0) is 59.2 Å². The Labute approximate surface area is 239 Å². The van der Waals surface area contributed by atoms with Gasteiger partial charge in [-0.2, -0.15) is 0 Å². The van der Waals surface area contributed by atoms with Crippen molar-refractivity contribution in [1.29, 1.82) is 0 Å². The summed E-state index contributed by atoms with van der Waals surface area (Å²) < 4.78 is 10.4. The Balaban J connectivity index is 1.78. The predicted octanol–water partition coefficient (Wildman–Crippen LogP) is 3.63. The van der Waals surface area contributed by atoms with Crippen LogP contribution in [0.3, 0.4) is 0 Å². The number of aryl methyl sites for hydroxylation is 1. The van der Waals surface area contributed by atoms with Crippen LogP contribution >= 0.6 is 11.6 Å². The fourth-order valence-corrected chi connectivity index (χ4v) is 4.32. The van der Waals surface area contributed by atoms with E-state index in [0.717, 1.165) is 0 Å². The van der Waals surface area contributed by atoms with Gasteiger partial charge in [-0.25, -0.2) is 14.8 Å². The van der Waals surface area contributed by atoms with Gasteiger partial charge in [0.15, 0.2) is 5.82 Å². The van der Waals surface area contributed by atoms with Crippen LogP contribution in [0, 0.1) is 6.92 Å². The highest BCUT2D eigenvalue weighted by Crippen LogP contribution is 2.20. The van der Waals surface area contributed by atoms with Crippen LogP contribution in [0.4, 0.5) is 4.79 Å². The zero-order chi connectivity index (χ0) is 29.4. The number of hydrogen-bond acceptors (Lipinski definition) is 8. The molecule has 11 nitrogen and oxygen atoms in total. The largest absolute Gasteiger partial charge is 0.460 e. The Kier molecular flexibility index (Phi) is 10.4. The van der Waals surface area contributed by atoms with E-state index in [1.54, 1.807) is 63.8 Å². The maximum atomic E-state index is 13.5. The summed E-state index contributed by atoms with van der Waals surface area (Å²) in [6, 6.07) is 7.47. The Morgan fingerprint density at radius 1 is 1.05 bits per heavy atom. The summed E-state index contributed by atoms with van der Waals surface area (Å²) in [6.07, 6.45) is -0.477. The first-order valence-electron chi connectivity index (χ1n) is 13.2. The molecule has 3 rings (SSSR count). The minimum atomic E-state index is -1.01. The third kappa shape index (κ3) is 8.90. The first-order chi connectivity index (χ1) is 18.9. The van der Waals surface area contributed by atoms with Gasteiger partial charge >= 0.3 is 12.1 Å². The third-order valence-corrected chi connectivity index (χ3v) is 6.18. The van der Waals surface area contributed by atoms with Crippen LogP contribution < -0.4 is 5.32 Å². The normalized spacial score (nSPS) is 14.3. The van der Waals surface area contributed by atoms with Gasteiger partial charge in [-0.1, -0.05) is 23.7 Å². The highest BCUT2D eigenvalue weighted by molar-refractivity contribution is 6.30. The number of amides is 3. The quantitative estimate of drug-likeness (QED) is 0.474. The molecule has 1 fully saturated rings. The fourth-order valence-electron chi connectivity index (χ4n) is 4.13. The number of hydrogen-bond donors (Lipinski definition) is 1. The maximum absolute atomic E-state index is 13.5. The number of rotatable bonds is 8. The first kappa shape index (κ1) is 30.8. The predicted molar refractivity (Wildman–Crippen MR) is 149 cm³/mol. The lowest BCUT2D eigenvalue weighted by molar-refractivity contribution is -0.155. The van der Waals surface area contributed by atoms with Crippen molar-refractivity contribution >= 4 is 35.5 Å². The molecule has 1 aliphatic heterocycles. The van der Waals surface area contributed by atoms with Crippen LogP contribution in [0.1, 0.15) is 56.7 Å². The minimum absolute atomic E-state index is 0.0305. The highest BCUT2D eigenvalue weighted by atomic mass is 35.5. The molecule has 12 heteroatoms. The molecule has 2 heterocycles. The van der Waals surface area contributed by atoms with Crippen molar-refractivity contribution in [2.24, 2.45) is 0 Å². The summed E-state index contributed by atoms with van der Waals surface area (Å²) >= 11 is 6.11. The zero-order valence-electron chi connectivity index (χ0n) is 23.5. The van der Waals surface area contributed by atoms with Crippen LogP contribution in [0.2, 0.25) is 5.02 Å². The van der Waals surface area contributed by atoms with E-state index in [0.29, 0.717) is 35.2 Å². The highest BCUT2D eigenvalue weighted by Gasteiger charge is 2.32. The van der Waals surface area contributed by atoms with Gasteiger partial charge < -0.3 is 24.6 Å². The lowest BCUT2D eigenvalue weighted by atomic mass is 10.1. The second kappa shape index (κ2) is 13.6. The number of aromatic nitrogens is 2. The first-order valence-corrected chi connectivity index (χ1v) is 13.6. The number of halogens is 1. The van der Waals surface area contributed by atoms with Crippen molar-refractivity contribution < 1.29 is 28.7 Å². The Morgan fingerprint density at radius 3 is 2.35 bits per heavy atom. The average molecular weight is 574 g/mol. The Morgan fingerprint density at radius 2 is 1.73 bits per heavy atom. The number of piperazine rings is 1. The van der Waals surface area contributed by atoms with Gasteiger partial charge in [0.2, 0.25) is 5.91 Å². The summed E-state index contributed by atoms with van der Waals surface area (Å²) in [7, 11) is 0. The zero-order valence-corrected chi connectivity index (χ0v) is 24.3. The van der Waals surface area contributed by atoms with Gasteiger partial charge in [-0.15, -0.1) is 0 Å². The SMILES string of the molecule is CCOC(=O)N1CCN(C(=O)C(CCC(=O)OC(C)(C)C)NC(=O)c2cc(C)nc(-c3cccc(Cl)c3)n2)CC1. The van der Waals surface area contributed by atoms with Gasteiger partial charge in [0, 0.05) is 48.9 Å².